The number of rotatable bonds is 13. The van der Waals surface area contributed by atoms with Crippen LogP contribution in [0.4, 0.5) is 0 Å². The highest BCUT2D eigenvalue weighted by atomic mass is 127. The minimum atomic E-state index is 0. The van der Waals surface area contributed by atoms with Crippen molar-refractivity contribution in [3.8, 4) is 0 Å². The number of halogens is 1. The Morgan fingerprint density at radius 2 is 1.59 bits per heavy atom. The molecule has 1 heterocycles. The molecule has 1 aromatic rings. The van der Waals surface area contributed by atoms with E-state index in [2.05, 4.69) is 20.7 Å². The number of thiophene rings is 1. The standard InChI is InChI=1S/C17H31O2PS.HI/c1-3-18-16(19-4-2)12-10-8-6-5-7-9-11-15-13-14-21-17(15)20;/h13-14,16H,3-12,20H2,1-2H3;1H. The van der Waals surface area contributed by atoms with Gasteiger partial charge in [-0.15, -0.1) is 35.3 Å². The molecular formula is C17H32IO2PS. The highest BCUT2D eigenvalue weighted by molar-refractivity contribution is 14.0. The molecule has 0 spiro atoms. The minimum Gasteiger partial charge on any atom is -0.353 e. The quantitative estimate of drug-likeness (QED) is 0.167. The summed E-state index contributed by atoms with van der Waals surface area (Å²) in [4.78, 5) is 0. The molecule has 5 heteroatoms. The molecular weight excluding hydrogens is 426 g/mol. The van der Waals surface area contributed by atoms with Crippen LogP contribution in [0, 0.1) is 0 Å². The van der Waals surface area contributed by atoms with Crippen LogP contribution in [-0.2, 0) is 15.9 Å². The fourth-order valence-corrected chi connectivity index (χ4v) is 3.65. The van der Waals surface area contributed by atoms with Gasteiger partial charge in [-0.1, -0.05) is 34.9 Å². The molecule has 130 valence electrons. The fraction of sp³-hybridized carbons (Fsp3) is 0.765. The molecule has 2 nitrogen and oxygen atoms in total. The molecule has 0 aliphatic carbocycles. The number of ether oxygens (including phenoxy) is 2. The van der Waals surface area contributed by atoms with Crippen molar-refractivity contribution in [3.05, 3.63) is 17.0 Å². The first-order valence-electron chi connectivity index (χ1n) is 8.33. The van der Waals surface area contributed by atoms with Gasteiger partial charge >= 0.3 is 0 Å². The smallest absolute Gasteiger partial charge is 0.157 e. The molecule has 1 atom stereocenters. The van der Waals surface area contributed by atoms with Crippen LogP contribution < -0.4 is 4.62 Å². The van der Waals surface area contributed by atoms with Crippen LogP contribution in [0.3, 0.4) is 0 Å². The lowest BCUT2D eigenvalue weighted by Gasteiger charge is -2.16. The van der Waals surface area contributed by atoms with Crippen molar-refractivity contribution in [2.24, 2.45) is 0 Å². The molecule has 22 heavy (non-hydrogen) atoms. The van der Waals surface area contributed by atoms with E-state index in [4.69, 9.17) is 9.47 Å². The van der Waals surface area contributed by atoms with E-state index in [1.165, 1.54) is 55.1 Å². The van der Waals surface area contributed by atoms with E-state index < -0.39 is 0 Å². The van der Waals surface area contributed by atoms with E-state index in [0.29, 0.717) is 0 Å². The van der Waals surface area contributed by atoms with Gasteiger partial charge in [0.15, 0.2) is 6.29 Å². The van der Waals surface area contributed by atoms with Gasteiger partial charge in [0.05, 0.1) is 0 Å². The second-order valence-corrected chi connectivity index (χ2v) is 7.25. The van der Waals surface area contributed by atoms with Gasteiger partial charge in [-0.3, -0.25) is 0 Å². The summed E-state index contributed by atoms with van der Waals surface area (Å²) in [6.45, 7) is 5.54. The van der Waals surface area contributed by atoms with E-state index in [1.54, 1.807) is 0 Å². The first-order valence-corrected chi connectivity index (χ1v) is 9.78. The zero-order chi connectivity index (χ0) is 15.3. The summed E-state index contributed by atoms with van der Waals surface area (Å²) in [6.07, 6.45) is 10.1. The lowest BCUT2D eigenvalue weighted by molar-refractivity contribution is -0.140. The number of unbranched alkanes of at least 4 members (excludes halogenated alkanes) is 5. The van der Waals surface area contributed by atoms with Gasteiger partial charge in [-0.05, 0) is 56.5 Å². The van der Waals surface area contributed by atoms with Crippen molar-refractivity contribution in [2.75, 3.05) is 13.2 Å². The monoisotopic (exact) mass is 458 g/mol. The predicted octanol–water partition coefficient (Wildman–Crippen LogP) is 5.54. The van der Waals surface area contributed by atoms with Crippen LogP contribution in [0.2, 0.25) is 0 Å². The highest BCUT2D eigenvalue weighted by Crippen LogP contribution is 2.14. The van der Waals surface area contributed by atoms with Gasteiger partial charge in [0.2, 0.25) is 0 Å². The predicted molar refractivity (Wildman–Crippen MR) is 112 cm³/mol. The summed E-state index contributed by atoms with van der Waals surface area (Å²) in [6, 6.07) is 2.26. The Labute approximate surface area is 160 Å². The van der Waals surface area contributed by atoms with E-state index in [9.17, 15) is 0 Å². The van der Waals surface area contributed by atoms with E-state index in [0.717, 1.165) is 19.6 Å². The highest BCUT2D eigenvalue weighted by Gasteiger charge is 2.06. The Hall–Kier alpha value is 0.780. The molecule has 0 saturated heterocycles. The average molecular weight is 458 g/mol. The van der Waals surface area contributed by atoms with Crippen LogP contribution in [-0.4, -0.2) is 19.5 Å². The zero-order valence-corrected chi connectivity index (χ0v) is 18.3. The molecule has 1 aromatic heterocycles. The molecule has 0 radical (unpaired) electrons. The molecule has 0 aliphatic rings. The van der Waals surface area contributed by atoms with Crippen LogP contribution in [0.1, 0.15) is 64.4 Å². The minimum absolute atomic E-state index is 0. The normalized spacial score (nSPS) is 10.9. The second-order valence-electron chi connectivity index (χ2n) is 5.31. The third-order valence-electron chi connectivity index (χ3n) is 3.62. The molecule has 0 aliphatic heterocycles. The maximum atomic E-state index is 5.56. The summed E-state index contributed by atoms with van der Waals surface area (Å²) in [7, 11) is 2.84. The van der Waals surface area contributed by atoms with Crippen LogP contribution in [0.5, 0.6) is 0 Å². The molecule has 0 aromatic carbocycles. The Kier molecular flexibility index (Phi) is 15.9. The lowest BCUT2D eigenvalue weighted by Crippen LogP contribution is -2.17. The summed E-state index contributed by atoms with van der Waals surface area (Å²) >= 11 is 1.83. The first-order chi connectivity index (χ1) is 10.3. The summed E-state index contributed by atoms with van der Waals surface area (Å²) < 4.78 is 12.5. The molecule has 1 rings (SSSR count). The molecule has 0 bridgehead atoms. The van der Waals surface area contributed by atoms with Crippen molar-refractivity contribution < 1.29 is 9.47 Å². The van der Waals surface area contributed by atoms with Crippen LogP contribution in [0.15, 0.2) is 11.4 Å². The van der Waals surface area contributed by atoms with Gasteiger partial charge in [0, 0.05) is 17.8 Å². The lowest BCUT2D eigenvalue weighted by atomic mass is 10.1. The molecule has 0 amide bonds. The van der Waals surface area contributed by atoms with E-state index in [-0.39, 0.29) is 30.3 Å². The van der Waals surface area contributed by atoms with Crippen LogP contribution in [0.25, 0.3) is 0 Å². The topological polar surface area (TPSA) is 18.5 Å². The van der Waals surface area contributed by atoms with Gasteiger partial charge in [-0.25, -0.2) is 0 Å². The zero-order valence-electron chi connectivity index (χ0n) is 14.0. The summed E-state index contributed by atoms with van der Waals surface area (Å²) in [5.74, 6) is 0. The largest absolute Gasteiger partial charge is 0.353 e. The molecule has 0 saturated carbocycles. The van der Waals surface area contributed by atoms with Gasteiger partial charge in [0.1, 0.15) is 0 Å². The molecule has 0 N–H and O–H groups in total. The van der Waals surface area contributed by atoms with Crippen molar-refractivity contribution in [3.63, 3.8) is 0 Å². The Morgan fingerprint density at radius 1 is 1.00 bits per heavy atom. The van der Waals surface area contributed by atoms with Crippen molar-refractivity contribution in [1.82, 2.24) is 0 Å². The van der Waals surface area contributed by atoms with Crippen molar-refractivity contribution >= 4 is 49.2 Å². The Morgan fingerprint density at radius 3 is 2.14 bits per heavy atom. The van der Waals surface area contributed by atoms with Gasteiger partial charge < -0.3 is 9.47 Å². The SMILES string of the molecule is CCOC(CCCCCCCCc1ccsc1P)OCC.I. The number of hydrogen-bond donors (Lipinski definition) is 0. The van der Waals surface area contributed by atoms with E-state index in [1.807, 2.05) is 25.2 Å². The second kappa shape index (κ2) is 15.3. The van der Waals surface area contributed by atoms with E-state index >= 15 is 0 Å². The first kappa shape index (κ1) is 22.8. The maximum Gasteiger partial charge on any atom is 0.157 e. The third kappa shape index (κ3) is 10.5. The maximum absolute atomic E-state index is 5.56. The van der Waals surface area contributed by atoms with Crippen LogP contribution >= 0.6 is 44.6 Å². The third-order valence-corrected chi connectivity index (χ3v) is 5.19. The molecule has 0 fully saturated rings. The summed E-state index contributed by atoms with van der Waals surface area (Å²) in [5, 5.41) is 2.19. The molecule has 1 unspecified atom stereocenters. The Bertz CT molecular complexity index is 354. The summed E-state index contributed by atoms with van der Waals surface area (Å²) in [5.41, 5.74) is 1.52. The van der Waals surface area contributed by atoms with Crippen molar-refractivity contribution in [2.45, 2.75) is 71.5 Å². The average Bonchev–Trinajstić information content (AvgIpc) is 2.87. The van der Waals surface area contributed by atoms with Gasteiger partial charge in [-0.2, -0.15) is 0 Å². The van der Waals surface area contributed by atoms with Gasteiger partial charge in [0.25, 0.3) is 0 Å². The fourth-order valence-electron chi connectivity index (χ4n) is 2.47. The van der Waals surface area contributed by atoms with Crippen molar-refractivity contribution in [1.29, 1.82) is 0 Å². The Balaban J connectivity index is 0.00000441. The number of aryl methyl sites for hydroxylation is 1. The number of hydrogen-bond acceptors (Lipinski definition) is 3.